The Labute approximate surface area is 198 Å². The van der Waals surface area contributed by atoms with Crippen LogP contribution in [0.4, 0.5) is 5.82 Å². The highest BCUT2D eigenvalue weighted by Gasteiger charge is 2.20. The molecule has 2 heterocycles. The third-order valence-corrected chi connectivity index (χ3v) is 5.75. The molecule has 0 aliphatic carbocycles. The lowest BCUT2D eigenvalue weighted by molar-refractivity contribution is -0.118. The molecule has 2 N–H and O–H groups in total. The van der Waals surface area contributed by atoms with Crippen LogP contribution in [-0.2, 0) is 18.3 Å². The van der Waals surface area contributed by atoms with Crippen LogP contribution < -0.4 is 10.6 Å². The average molecular weight is 460 g/mol. The molecule has 0 spiro atoms. The summed E-state index contributed by atoms with van der Waals surface area (Å²) in [5.74, 6) is 0.329. The molecule has 168 valence electrons. The van der Waals surface area contributed by atoms with Gasteiger partial charge in [-0.2, -0.15) is 5.10 Å². The van der Waals surface area contributed by atoms with E-state index in [1.807, 2.05) is 74.8 Å². The van der Waals surface area contributed by atoms with Crippen LogP contribution >= 0.6 is 11.6 Å². The van der Waals surface area contributed by atoms with Crippen LogP contribution in [0, 0.1) is 6.92 Å². The van der Waals surface area contributed by atoms with Gasteiger partial charge in [-0.05, 0) is 48.2 Å². The molecule has 4 aromatic rings. The highest BCUT2D eigenvalue weighted by atomic mass is 35.5. The fraction of sp³-hybridized carbons (Fsp3) is 0.192. The van der Waals surface area contributed by atoms with Crippen molar-refractivity contribution in [2.45, 2.75) is 19.4 Å². The fourth-order valence-electron chi connectivity index (χ4n) is 3.62. The zero-order chi connectivity index (χ0) is 23.2. The highest BCUT2D eigenvalue weighted by Crippen LogP contribution is 2.21. The molecule has 33 heavy (non-hydrogen) atoms. The first-order valence-electron chi connectivity index (χ1n) is 10.8. The Bertz CT molecular complexity index is 1220. The highest BCUT2D eigenvalue weighted by molar-refractivity contribution is 6.31. The van der Waals surface area contributed by atoms with Gasteiger partial charge in [0.2, 0.25) is 5.91 Å². The topological polar surface area (TPSA) is 71.8 Å². The van der Waals surface area contributed by atoms with E-state index in [2.05, 4.69) is 20.7 Å². The SMILES string of the molecule is Cc1ccc(CCN[C@@H](C(=O)Nc2ccc(-c3cnn(C)c3)cn2)c2ccccc2)c(Cl)c1. The molecule has 0 radical (unpaired) electrons. The number of benzene rings is 2. The van der Waals surface area contributed by atoms with E-state index in [9.17, 15) is 4.79 Å². The summed E-state index contributed by atoms with van der Waals surface area (Å²) in [6.07, 6.45) is 6.15. The third kappa shape index (κ3) is 5.86. The van der Waals surface area contributed by atoms with E-state index in [-0.39, 0.29) is 5.91 Å². The number of nitrogens with one attached hydrogen (secondary N) is 2. The van der Waals surface area contributed by atoms with Crippen molar-refractivity contribution in [3.63, 3.8) is 0 Å². The second-order valence-corrected chi connectivity index (χ2v) is 8.37. The van der Waals surface area contributed by atoms with Crippen molar-refractivity contribution < 1.29 is 4.79 Å². The number of pyridine rings is 1. The molecule has 0 saturated carbocycles. The van der Waals surface area contributed by atoms with Crippen molar-refractivity contribution >= 4 is 23.3 Å². The van der Waals surface area contributed by atoms with Gasteiger partial charge in [-0.1, -0.05) is 54.1 Å². The van der Waals surface area contributed by atoms with Gasteiger partial charge in [0.15, 0.2) is 0 Å². The van der Waals surface area contributed by atoms with Gasteiger partial charge in [-0.3, -0.25) is 9.48 Å². The van der Waals surface area contributed by atoms with Gasteiger partial charge in [-0.15, -0.1) is 0 Å². The predicted molar refractivity (Wildman–Crippen MR) is 132 cm³/mol. The Morgan fingerprint density at radius 1 is 1.06 bits per heavy atom. The molecule has 1 atom stereocenters. The van der Waals surface area contributed by atoms with Crippen molar-refractivity contribution in [3.05, 3.63) is 101 Å². The van der Waals surface area contributed by atoms with Crippen molar-refractivity contribution in [1.82, 2.24) is 20.1 Å². The van der Waals surface area contributed by atoms with E-state index in [1.54, 1.807) is 23.1 Å². The number of hydrogen-bond acceptors (Lipinski definition) is 4. The molecule has 0 saturated heterocycles. The van der Waals surface area contributed by atoms with Crippen molar-refractivity contribution in [2.75, 3.05) is 11.9 Å². The van der Waals surface area contributed by atoms with Crippen molar-refractivity contribution in [2.24, 2.45) is 7.05 Å². The molecule has 0 aliphatic rings. The van der Waals surface area contributed by atoms with Gasteiger partial charge in [0.05, 0.1) is 6.20 Å². The van der Waals surface area contributed by atoms with Crippen LogP contribution in [0.25, 0.3) is 11.1 Å². The largest absolute Gasteiger partial charge is 0.309 e. The molecule has 0 unspecified atom stereocenters. The predicted octanol–water partition coefficient (Wildman–Crippen LogP) is 4.96. The molecule has 4 rings (SSSR count). The Morgan fingerprint density at radius 3 is 2.55 bits per heavy atom. The number of carbonyl (C=O) groups is 1. The van der Waals surface area contributed by atoms with E-state index < -0.39 is 6.04 Å². The minimum atomic E-state index is -0.518. The van der Waals surface area contributed by atoms with Crippen molar-refractivity contribution in [3.8, 4) is 11.1 Å². The van der Waals surface area contributed by atoms with Gasteiger partial charge < -0.3 is 10.6 Å². The number of anilines is 1. The minimum Gasteiger partial charge on any atom is -0.309 e. The number of amides is 1. The van der Waals surface area contributed by atoms with Crippen LogP contribution in [0.2, 0.25) is 5.02 Å². The number of rotatable bonds is 8. The number of aromatic nitrogens is 3. The van der Waals surface area contributed by atoms with E-state index >= 15 is 0 Å². The summed E-state index contributed by atoms with van der Waals surface area (Å²) < 4.78 is 1.74. The maximum atomic E-state index is 13.2. The van der Waals surface area contributed by atoms with E-state index in [0.29, 0.717) is 18.8 Å². The van der Waals surface area contributed by atoms with Gasteiger partial charge in [0, 0.05) is 42.1 Å². The molecule has 1 amide bonds. The van der Waals surface area contributed by atoms with Crippen LogP contribution in [0.3, 0.4) is 0 Å². The lowest BCUT2D eigenvalue weighted by Gasteiger charge is -2.19. The Morgan fingerprint density at radius 2 is 1.88 bits per heavy atom. The summed E-state index contributed by atoms with van der Waals surface area (Å²) in [4.78, 5) is 17.6. The zero-order valence-corrected chi connectivity index (χ0v) is 19.4. The third-order valence-electron chi connectivity index (χ3n) is 5.40. The number of halogens is 1. The van der Waals surface area contributed by atoms with Gasteiger partial charge >= 0.3 is 0 Å². The number of nitrogens with zero attached hydrogens (tertiary/aromatic N) is 3. The van der Waals surface area contributed by atoms with Crippen LogP contribution in [-0.4, -0.2) is 27.2 Å². The fourth-order valence-corrected chi connectivity index (χ4v) is 3.95. The molecular formula is C26H26ClN5O. The lowest BCUT2D eigenvalue weighted by atomic mass is 10.0. The van der Waals surface area contributed by atoms with Crippen LogP contribution in [0.1, 0.15) is 22.7 Å². The molecule has 0 bridgehead atoms. The average Bonchev–Trinajstić information content (AvgIpc) is 3.25. The van der Waals surface area contributed by atoms with E-state index in [4.69, 9.17) is 11.6 Å². The summed E-state index contributed by atoms with van der Waals surface area (Å²) in [6, 6.07) is 18.9. The number of aryl methyl sites for hydroxylation is 2. The Kier molecular flexibility index (Phi) is 7.17. The van der Waals surface area contributed by atoms with Crippen LogP contribution in [0.15, 0.2) is 79.3 Å². The maximum Gasteiger partial charge on any atom is 0.247 e. The summed E-state index contributed by atoms with van der Waals surface area (Å²) in [5.41, 5.74) is 4.97. The second kappa shape index (κ2) is 10.4. The molecule has 0 aliphatic heterocycles. The summed E-state index contributed by atoms with van der Waals surface area (Å²) >= 11 is 6.37. The quantitative estimate of drug-likeness (QED) is 0.391. The standard InChI is InChI=1S/C26H26ClN5O/c1-18-8-9-19(23(27)14-18)12-13-28-25(20-6-4-3-5-7-20)26(33)31-24-11-10-21(15-29-24)22-16-30-32(2)17-22/h3-11,14-17,25,28H,12-13H2,1-2H3,(H,29,31,33)/t25-/m1/s1. The Hall–Kier alpha value is -3.48. The molecule has 6 nitrogen and oxygen atoms in total. The molecule has 7 heteroatoms. The second-order valence-electron chi connectivity index (χ2n) is 7.97. The first-order chi connectivity index (χ1) is 16.0. The van der Waals surface area contributed by atoms with Crippen LogP contribution in [0.5, 0.6) is 0 Å². The number of hydrogen-bond donors (Lipinski definition) is 2. The minimum absolute atomic E-state index is 0.169. The van der Waals surface area contributed by atoms with E-state index in [1.165, 1.54) is 0 Å². The first-order valence-corrected chi connectivity index (χ1v) is 11.2. The molecule has 2 aromatic carbocycles. The molecular weight excluding hydrogens is 434 g/mol. The first kappa shape index (κ1) is 22.7. The summed E-state index contributed by atoms with van der Waals surface area (Å²) in [5, 5.41) is 11.2. The summed E-state index contributed by atoms with van der Waals surface area (Å²) in [6.45, 7) is 2.62. The lowest BCUT2D eigenvalue weighted by Crippen LogP contribution is -2.34. The van der Waals surface area contributed by atoms with E-state index in [0.717, 1.165) is 32.8 Å². The molecule has 2 aromatic heterocycles. The zero-order valence-electron chi connectivity index (χ0n) is 18.6. The van der Waals surface area contributed by atoms with Gasteiger partial charge in [0.25, 0.3) is 0 Å². The number of carbonyl (C=O) groups excluding carboxylic acids is 1. The van der Waals surface area contributed by atoms with Gasteiger partial charge in [0.1, 0.15) is 11.9 Å². The smallest absolute Gasteiger partial charge is 0.247 e. The summed E-state index contributed by atoms with van der Waals surface area (Å²) in [7, 11) is 1.87. The van der Waals surface area contributed by atoms with Crippen molar-refractivity contribution in [1.29, 1.82) is 0 Å². The normalized spacial score (nSPS) is 11.8. The van der Waals surface area contributed by atoms with Gasteiger partial charge in [-0.25, -0.2) is 4.98 Å². The molecule has 0 fully saturated rings. The monoisotopic (exact) mass is 459 g/mol. The Balaban J connectivity index is 1.44. The maximum absolute atomic E-state index is 13.2.